The third-order valence-corrected chi connectivity index (χ3v) is 6.06. The van der Waals surface area contributed by atoms with E-state index in [4.69, 9.17) is 14.5 Å². The average molecular weight is 552 g/mol. The minimum absolute atomic E-state index is 0.0202. The summed E-state index contributed by atoms with van der Waals surface area (Å²) < 4.78 is 13.4. The first-order chi connectivity index (χ1) is 17.3. The number of benzene rings is 2. The molecule has 0 bridgehead atoms. The number of pyridine rings is 1. The number of hydrogen-bond donors (Lipinski definition) is 0. The van der Waals surface area contributed by atoms with Crippen LogP contribution in [0.15, 0.2) is 69.1 Å². The maximum atomic E-state index is 13.4. The second kappa shape index (κ2) is 10.6. The van der Waals surface area contributed by atoms with E-state index in [0.29, 0.717) is 33.8 Å². The number of nitrogens with zero attached hydrogens (tertiary/aromatic N) is 5. The van der Waals surface area contributed by atoms with E-state index in [2.05, 4.69) is 26.0 Å². The van der Waals surface area contributed by atoms with Gasteiger partial charge in [-0.3, -0.25) is 14.9 Å². The van der Waals surface area contributed by atoms with Gasteiger partial charge in [0.25, 0.3) is 11.2 Å². The average Bonchev–Trinajstić information content (AvgIpc) is 2.88. The van der Waals surface area contributed by atoms with Crippen LogP contribution in [0.1, 0.15) is 37.6 Å². The lowest BCUT2D eigenvalue weighted by Gasteiger charge is -2.15. The minimum Gasteiger partial charge on any atom is -0.493 e. The Balaban J connectivity index is 1.80. The van der Waals surface area contributed by atoms with Crippen LogP contribution in [-0.2, 0) is 0 Å². The van der Waals surface area contributed by atoms with Crippen molar-refractivity contribution in [3.63, 3.8) is 0 Å². The highest BCUT2D eigenvalue weighted by molar-refractivity contribution is 9.10. The number of aromatic nitrogens is 3. The van der Waals surface area contributed by atoms with Gasteiger partial charge in [-0.25, -0.2) is 9.97 Å². The fourth-order valence-electron chi connectivity index (χ4n) is 3.45. The summed E-state index contributed by atoms with van der Waals surface area (Å²) in [6, 6.07) is 13.2. The number of nitro groups is 1. The molecular weight excluding hydrogens is 530 g/mol. The quantitative estimate of drug-likeness (QED) is 0.157. The van der Waals surface area contributed by atoms with Gasteiger partial charge in [-0.2, -0.15) is 9.78 Å². The van der Waals surface area contributed by atoms with Gasteiger partial charge in [0.05, 0.1) is 29.2 Å². The van der Waals surface area contributed by atoms with Crippen LogP contribution in [-0.4, -0.2) is 32.9 Å². The predicted octanol–water partition coefficient (Wildman–Crippen LogP) is 5.66. The number of ether oxygens (including phenoxy) is 2. The normalized spacial score (nSPS) is 12.1. The Morgan fingerprint density at radius 3 is 2.72 bits per heavy atom. The van der Waals surface area contributed by atoms with Gasteiger partial charge in [-0.1, -0.05) is 35.8 Å². The van der Waals surface area contributed by atoms with E-state index >= 15 is 0 Å². The van der Waals surface area contributed by atoms with E-state index in [1.54, 1.807) is 30.3 Å². The van der Waals surface area contributed by atoms with Crippen LogP contribution in [0.5, 0.6) is 17.4 Å². The van der Waals surface area contributed by atoms with E-state index in [9.17, 15) is 14.9 Å². The van der Waals surface area contributed by atoms with Crippen molar-refractivity contribution < 1.29 is 14.4 Å². The Morgan fingerprint density at radius 1 is 1.25 bits per heavy atom. The molecule has 0 fully saturated rings. The van der Waals surface area contributed by atoms with Gasteiger partial charge in [-0.15, -0.1) is 0 Å². The largest absolute Gasteiger partial charge is 0.493 e. The predicted molar refractivity (Wildman–Crippen MR) is 139 cm³/mol. The zero-order valence-corrected chi connectivity index (χ0v) is 21.3. The van der Waals surface area contributed by atoms with Crippen LogP contribution in [0.2, 0.25) is 0 Å². The summed E-state index contributed by atoms with van der Waals surface area (Å²) in [5.41, 5.74) is 0.650. The minimum atomic E-state index is -0.541. The van der Waals surface area contributed by atoms with Crippen molar-refractivity contribution in [1.82, 2.24) is 14.6 Å². The van der Waals surface area contributed by atoms with Gasteiger partial charge in [0.2, 0.25) is 5.88 Å². The summed E-state index contributed by atoms with van der Waals surface area (Å²) in [6.07, 6.45) is 3.36. The first-order valence-corrected chi connectivity index (χ1v) is 11.8. The highest BCUT2D eigenvalue weighted by Gasteiger charge is 2.17. The summed E-state index contributed by atoms with van der Waals surface area (Å²) in [5.74, 6) is 1.34. The summed E-state index contributed by atoms with van der Waals surface area (Å²) >= 11 is 3.41. The monoisotopic (exact) mass is 551 g/mol. The molecule has 4 aromatic rings. The molecule has 0 saturated heterocycles. The maximum absolute atomic E-state index is 13.4. The summed E-state index contributed by atoms with van der Waals surface area (Å²) in [5, 5.41) is 15.9. The number of methoxy groups -OCH3 is 1. The van der Waals surface area contributed by atoms with Gasteiger partial charge in [0, 0.05) is 28.1 Å². The molecule has 0 aliphatic heterocycles. The highest BCUT2D eigenvalue weighted by Crippen LogP contribution is 2.34. The topological polar surface area (TPSA) is 122 Å². The molecule has 4 rings (SSSR count). The Kier molecular flexibility index (Phi) is 7.39. The summed E-state index contributed by atoms with van der Waals surface area (Å²) in [6.45, 7) is 4.00. The standard InChI is InChI=1S/C25H22BrN5O5/c1-4-15(2)24-29-20-10-8-17(26)12-19(20)25(32)30(24)28-13-16-6-5-7-21(35-3)23(16)36-22-11-9-18(14-27-22)31(33)34/h5-15H,4H2,1-3H3/t15-/m1/s1. The van der Waals surface area contributed by atoms with Crippen molar-refractivity contribution in [2.45, 2.75) is 26.2 Å². The first-order valence-electron chi connectivity index (χ1n) is 11.0. The van der Waals surface area contributed by atoms with Crippen molar-refractivity contribution >= 4 is 38.7 Å². The van der Waals surface area contributed by atoms with E-state index in [1.165, 1.54) is 30.1 Å². The second-order valence-corrected chi connectivity index (χ2v) is 8.81. The lowest BCUT2D eigenvalue weighted by molar-refractivity contribution is -0.385. The Hall–Kier alpha value is -4.12. The molecule has 2 aromatic heterocycles. The molecule has 0 unspecified atom stereocenters. The lowest BCUT2D eigenvalue weighted by Crippen LogP contribution is -2.23. The van der Waals surface area contributed by atoms with Gasteiger partial charge < -0.3 is 9.47 Å². The van der Waals surface area contributed by atoms with E-state index < -0.39 is 4.92 Å². The smallest absolute Gasteiger partial charge is 0.287 e. The molecule has 184 valence electrons. The van der Waals surface area contributed by atoms with Crippen LogP contribution in [0.3, 0.4) is 0 Å². The van der Waals surface area contributed by atoms with Gasteiger partial charge in [0.1, 0.15) is 12.0 Å². The number of fused-ring (bicyclic) bond motifs is 1. The molecule has 2 heterocycles. The van der Waals surface area contributed by atoms with Gasteiger partial charge >= 0.3 is 0 Å². The molecule has 36 heavy (non-hydrogen) atoms. The molecule has 10 nitrogen and oxygen atoms in total. The third-order valence-electron chi connectivity index (χ3n) is 5.57. The van der Waals surface area contributed by atoms with Crippen molar-refractivity contribution in [3.8, 4) is 17.4 Å². The van der Waals surface area contributed by atoms with Crippen molar-refractivity contribution in [1.29, 1.82) is 0 Å². The fourth-order valence-corrected chi connectivity index (χ4v) is 3.81. The summed E-state index contributed by atoms with van der Waals surface area (Å²) in [7, 11) is 1.49. The lowest BCUT2D eigenvalue weighted by atomic mass is 10.1. The molecule has 0 saturated carbocycles. The van der Waals surface area contributed by atoms with Crippen LogP contribution in [0.25, 0.3) is 10.9 Å². The van der Waals surface area contributed by atoms with E-state index in [0.717, 1.165) is 17.1 Å². The first kappa shape index (κ1) is 25.0. The molecule has 2 aromatic carbocycles. The Labute approximate surface area is 214 Å². The molecule has 11 heteroatoms. The Morgan fingerprint density at radius 2 is 2.06 bits per heavy atom. The number of rotatable bonds is 8. The van der Waals surface area contributed by atoms with Crippen LogP contribution < -0.4 is 15.0 Å². The van der Waals surface area contributed by atoms with E-state index in [1.807, 2.05) is 19.9 Å². The number of halogens is 1. The molecule has 0 aliphatic rings. The SMILES string of the molecule is CC[C@@H](C)c1nc2ccc(Br)cc2c(=O)n1N=Cc1cccc(OC)c1Oc1ccc([N+](=O)[O-])cn1. The van der Waals surface area contributed by atoms with Crippen molar-refractivity contribution in [2.24, 2.45) is 5.10 Å². The van der Waals surface area contributed by atoms with Crippen molar-refractivity contribution in [2.75, 3.05) is 7.11 Å². The van der Waals surface area contributed by atoms with Crippen LogP contribution in [0, 0.1) is 10.1 Å². The summed E-state index contributed by atoms with van der Waals surface area (Å²) in [4.78, 5) is 32.5. The molecule has 0 N–H and O–H groups in total. The van der Waals surface area contributed by atoms with Crippen molar-refractivity contribution in [3.05, 3.63) is 91.1 Å². The second-order valence-electron chi connectivity index (χ2n) is 7.89. The zero-order valence-electron chi connectivity index (χ0n) is 19.7. The fraction of sp³-hybridized carbons (Fsp3) is 0.200. The molecule has 0 radical (unpaired) electrons. The molecule has 0 amide bonds. The highest BCUT2D eigenvalue weighted by atomic mass is 79.9. The number of hydrogen-bond acceptors (Lipinski definition) is 8. The zero-order chi connectivity index (χ0) is 25.8. The molecule has 1 atom stereocenters. The number of para-hydroxylation sites is 1. The van der Waals surface area contributed by atoms with Gasteiger partial charge in [-0.05, 0) is 36.8 Å². The molecule has 0 aliphatic carbocycles. The third kappa shape index (κ3) is 5.10. The molecule has 0 spiro atoms. The maximum Gasteiger partial charge on any atom is 0.287 e. The van der Waals surface area contributed by atoms with Gasteiger partial charge in [0.15, 0.2) is 11.5 Å². The van der Waals surface area contributed by atoms with E-state index in [-0.39, 0.29) is 23.0 Å². The Bertz CT molecular complexity index is 1520. The van der Waals surface area contributed by atoms with Crippen LogP contribution in [0.4, 0.5) is 5.69 Å². The van der Waals surface area contributed by atoms with Crippen LogP contribution >= 0.6 is 15.9 Å². The molecular formula is C25H22BrN5O5.